The van der Waals surface area contributed by atoms with E-state index in [0.29, 0.717) is 36.7 Å². The first kappa shape index (κ1) is 15.0. The lowest BCUT2D eigenvalue weighted by Gasteiger charge is -2.05. The molecule has 0 spiro atoms. The second-order valence-electron chi connectivity index (χ2n) is 5.07. The minimum Gasteiger partial charge on any atom is -0.481 e. The number of hydrogen-bond acceptors (Lipinski definition) is 5. The Hall–Kier alpha value is -2.89. The Morgan fingerprint density at radius 1 is 1.26 bits per heavy atom. The van der Waals surface area contributed by atoms with Gasteiger partial charge in [0.05, 0.1) is 19.0 Å². The number of nitrogens with zero attached hydrogens (tertiary/aromatic N) is 2. The van der Waals surface area contributed by atoms with Crippen LogP contribution in [-0.4, -0.2) is 23.0 Å². The summed E-state index contributed by atoms with van der Waals surface area (Å²) >= 11 is 0. The summed E-state index contributed by atoms with van der Waals surface area (Å²) in [6.45, 7) is 0. The van der Waals surface area contributed by atoms with Gasteiger partial charge >= 0.3 is 0 Å². The minimum absolute atomic E-state index is 0.0620. The highest BCUT2D eigenvalue weighted by Gasteiger charge is 2.07. The molecule has 3 rings (SSSR count). The molecular formula is C17H17N3O3. The maximum Gasteiger partial charge on any atom is 0.224 e. The maximum absolute atomic E-state index is 11.9. The van der Waals surface area contributed by atoms with Crippen LogP contribution in [-0.2, 0) is 11.2 Å². The number of anilines is 1. The molecule has 0 atom stereocenters. The van der Waals surface area contributed by atoms with Crippen LogP contribution in [0.1, 0.15) is 18.7 Å². The van der Waals surface area contributed by atoms with Gasteiger partial charge in [0.1, 0.15) is 5.52 Å². The lowest BCUT2D eigenvalue weighted by atomic mass is 10.2. The quantitative estimate of drug-likeness (QED) is 0.756. The number of carbonyl (C=O) groups is 1. The zero-order valence-electron chi connectivity index (χ0n) is 12.8. The van der Waals surface area contributed by atoms with Gasteiger partial charge in [-0.25, -0.2) is 9.97 Å². The number of oxazole rings is 1. The van der Waals surface area contributed by atoms with E-state index in [1.165, 1.54) is 0 Å². The lowest BCUT2D eigenvalue weighted by molar-refractivity contribution is -0.116. The molecule has 0 bridgehead atoms. The Balaban J connectivity index is 1.48. The number of carbonyl (C=O) groups excluding carboxylic acids is 1. The van der Waals surface area contributed by atoms with Gasteiger partial charge in [-0.3, -0.25) is 4.79 Å². The molecule has 3 aromatic rings. The van der Waals surface area contributed by atoms with Crippen molar-refractivity contribution in [1.82, 2.24) is 9.97 Å². The molecule has 1 N–H and O–H groups in total. The Morgan fingerprint density at radius 3 is 2.87 bits per heavy atom. The highest BCUT2D eigenvalue weighted by atomic mass is 16.5. The molecule has 0 saturated carbocycles. The molecule has 0 unspecified atom stereocenters. The zero-order chi connectivity index (χ0) is 16.1. The van der Waals surface area contributed by atoms with Gasteiger partial charge in [0.15, 0.2) is 11.5 Å². The van der Waals surface area contributed by atoms with E-state index in [-0.39, 0.29) is 5.91 Å². The number of ether oxygens (including phenoxy) is 1. The number of hydrogen-bond donors (Lipinski definition) is 1. The van der Waals surface area contributed by atoms with Crippen molar-refractivity contribution >= 4 is 22.7 Å². The number of fused-ring (bicyclic) bond motifs is 1. The average Bonchev–Trinajstić information content (AvgIpc) is 2.98. The molecule has 23 heavy (non-hydrogen) atoms. The predicted molar refractivity (Wildman–Crippen MR) is 86.4 cm³/mol. The topological polar surface area (TPSA) is 77.2 Å². The van der Waals surface area contributed by atoms with E-state index >= 15 is 0 Å². The predicted octanol–water partition coefficient (Wildman–Crippen LogP) is 3.19. The van der Waals surface area contributed by atoms with Crippen LogP contribution in [0.15, 0.2) is 47.0 Å². The van der Waals surface area contributed by atoms with Gasteiger partial charge in [-0.2, -0.15) is 0 Å². The Labute approximate surface area is 133 Å². The van der Waals surface area contributed by atoms with E-state index < -0.39 is 0 Å². The van der Waals surface area contributed by atoms with E-state index in [1.807, 2.05) is 24.3 Å². The van der Waals surface area contributed by atoms with Crippen molar-refractivity contribution in [3.63, 3.8) is 0 Å². The van der Waals surface area contributed by atoms with E-state index in [9.17, 15) is 4.79 Å². The molecule has 0 saturated heterocycles. The molecular weight excluding hydrogens is 294 g/mol. The number of para-hydroxylation sites is 2. The first-order valence-electron chi connectivity index (χ1n) is 7.39. The molecule has 0 aliphatic carbocycles. The van der Waals surface area contributed by atoms with E-state index in [4.69, 9.17) is 9.15 Å². The van der Waals surface area contributed by atoms with Crippen LogP contribution in [0.3, 0.4) is 0 Å². The molecule has 1 amide bonds. The van der Waals surface area contributed by atoms with Crippen molar-refractivity contribution in [2.75, 3.05) is 12.4 Å². The van der Waals surface area contributed by atoms with Crippen LogP contribution in [0.5, 0.6) is 5.88 Å². The van der Waals surface area contributed by atoms with Crippen molar-refractivity contribution in [2.24, 2.45) is 0 Å². The van der Waals surface area contributed by atoms with Gasteiger partial charge in [-0.15, -0.1) is 0 Å². The van der Waals surface area contributed by atoms with Crippen molar-refractivity contribution < 1.29 is 13.9 Å². The normalized spacial score (nSPS) is 10.7. The monoisotopic (exact) mass is 311 g/mol. The molecule has 0 radical (unpaired) electrons. The Kier molecular flexibility index (Phi) is 4.52. The van der Waals surface area contributed by atoms with E-state index in [0.717, 1.165) is 11.1 Å². The zero-order valence-corrected chi connectivity index (χ0v) is 12.8. The van der Waals surface area contributed by atoms with Gasteiger partial charge < -0.3 is 14.5 Å². The van der Waals surface area contributed by atoms with Gasteiger partial charge in [-0.05, 0) is 24.6 Å². The van der Waals surface area contributed by atoms with Crippen LogP contribution >= 0.6 is 0 Å². The first-order chi connectivity index (χ1) is 11.2. The SMILES string of the molecule is COc1ccc(NC(=O)CCCc2nc3ccccc3o2)cn1. The third-order valence-corrected chi connectivity index (χ3v) is 3.36. The number of aromatic nitrogens is 2. The largest absolute Gasteiger partial charge is 0.481 e. The number of amides is 1. The molecule has 118 valence electrons. The second-order valence-corrected chi connectivity index (χ2v) is 5.07. The summed E-state index contributed by atoms with van der Waals surface area (Å²) in [4.78, 5) is 20.3. The molecule has 0 aliphatic heterocycles. The minimum atomic E-state index is -0.0620. The van der Waals surface area contributed by atoms with Crippen LogP contribution in [0.4, 0.5) is 5.69 Å². The average molecular weight is 311 g/mol. The molecule has 6 heteroatoms. The summed E-state index contributed by atoms with van der Waals surface area (Å²) in [5, 5.41) is 2.80. The summed E-state index contributed by atoms with van der Waals surface area (Å²) in [7, 11) is 1.55. The molecule has 0 fully saturated rings. The number of benzene rings is 1. The lowest BCUT2D eigenvalue weighted by Crippen LogP contribution is -2.11. The number of aryl methyl sites for hydroxylation is 1. The van der Waals surface area contributed by atoms with Gasteiger partial charge in [0.2, 0.25) is 11.8 Å². The molecule has 2 heterocycles. The number of rotatable bonds is 6. The third-order valence-electron chi connectivity index (χ3n) is 3.36. The Bertz CT molecular complexity index is 763. The Morgan fingerprint density at radius 2 is 2.13 bits per heavy atom. The van der Waals surface area contributed by atoms with Crippen LogP contribution in [0.25, 0.3) is 11.1 Å². The van der Waals surface area contributed by atoms with Crippen LogP contribution in [0, 0.1) is 0 Å². The van der Waals surface area contributed by atoms with Gasteiger partial charge in [0, 0.05) is 18.9 Å². The fraction of sp³-hybridized carbons (Fsp3) is 0.235. The smallest absolute Gasteiger partial charge is 0.224 e. The second kappa shape index (κ2) is 6.91. The summed E-state index contributed by atoms with van der Waals surface area (Å²) < 4.78 is 10.6. The first-order valence-corrected chi connectivity index (χ1v) is 7.39. The van der Waals surface area contributed by atoms with Crippen LogP contribution in [0.2, 0.25) is 0 Å². The third kappa shape index (κ3) is 3.85. The van der Waals surface area contributed by atoms with Gasteiger partial charge in [0.25, 0.3) is 0 Å². The van der Waals surface area contributed by atoms with E-state index in [1.54, 1.807) is 25.4 Å². The summed E-state index contributed by atoms with van der Waals surface area (Å²) in [5.74, 6) is 1.11. The summed E-state index contributed by atoms with van der Waals surface area (Å²) in [5.41, 5.74) is 2.27. The molecule has 0 aliphatic rings. The molecule has 2 aromatic heterocycles. The fourth-order valence-corrected chi connectivity index (χ4v) is 2.23. The summed E-state index contributed by atoms with van der Waals surface area (Å²) in [6, 6.07) is 11.1. The molecule has 6 nitrogen and oxygen atoms in total. The van der Waals surface area contributed by atoms with Crippen LogP contribution < -0.4 is 10.1 Å². The summed E-state index contributed by atoms with van der Waals surface area (Å²) in [6.07, 6.45) is 3.26. The number of methoxy groups -OCH3 is 1. The number of pyridine rings is 1. The highest BCUT2D eigenvalue weighted by molar-refractivity contribution is 5.90. The number of nitrogens with one attached hydrogen (secondary N) is 1. The van der Waals surface area contributed by atoms with E-state index in [2.05, 4.69) is 15.3 Å². The standard InChI is InChI=1S/C17H17N3O3/c1-22-16-10-9-12(11-18-16)19-15(21)7-4-8-17-20-13-5-2-3-6-14(13)23-17/h2-3,5-6,9-11H,4,7-8H2,1H3,(H,19,21). The van der Waals surface area contributed by atoms with Crippen molar-refractivity contribution in [2.45, 2.75) is 19.3 Å². The molecule has 1 aromatic carbocycles. The van der Waals surface area contributed by atoms with Crippen molar-refractivity contribution in [3.8, 4) is 5.88 Å². The maximum atomic E-state index is 11.9. The van der Waals surface area contributed by atoms with Crippen molar-refractivity contribution in [3.05, 3.63) is 48.5 Å². The van der Waals surface area contributed by atoms with Gasteiger partial charge in [-0.1, -0.05) is 12.1 Å². The van der Waals surface area contributed by atoms with Crippen molar-refractivity contribution in [1.29, 1.82) is 0 Å². The fourth-order valence-electron chi connectivity index (χ4n) is 2.23. The highest BCUT2D eigenvalue weighted by Crippen LogP contribution is 2.16.